The summed E-state index contributed by atoms with van der Waals surface area (Å²) in [4.78, 5) is 21.3. The first-order valence-electron chi connectivity index (χ1n) is 15.4. The number of halogens is 1. The molecule has 11 heteroatoms. The van der Waals surface area contributed by atoms with Crippen molar-refractivity contribution in [1.82, 2.24) is 9.88 Å². The molecule has 1 aromatic heterocycles. The Morgan fingerprint density at radius 1 is 1.20 bits per heavy atom. The van der Waals surface area contributed by atoms with Gasteiger partial charge in [0.15, 0.2) is 5.13 Å². The molecule has 0 amide bonds. The van der Waals surface area contributed by atoms with Gasteiger partial charge in [0.1, 0.15) is 18.1 Å². The summed E-state index contributed by atoms with van der Waals surface area (Å²) in [5.74, 6) is 0.174. The quantitative estimate of drug-likeness (QED) is 0.290. The molecule has 2 aromatic carbocycles. The molecule has 2 saturated heterocycles. The minimum absolute atomic E-state index is 0.347. The minimum atomic E-state index is -0.808. The number of carboxylic acid groups (broad SMARTS) is 1. The van der Waals surface area contributed by atoms with Crippen LogP contribution in [0.2, 0.25) is 5.02 Å². The standard InChI is InChI=1S/C33H40ClN3O6S/c1-3-42-30-18-37(12-8-25(30)32(38)39)33-35-28(20-44-33)24-5-4-6-27(34)31(24)43-19-21-15-22-7-11-36(23-9-13-41-14-10-23)17-26(22)29(16-21)40-2/h4-6,15-16,20,23,25,30H,3,7-14,17-19H2,1-2H3,(H,38,39)/t25-,30+/m1/s1. The molecule has 0 aliphatic carbocycles. The number of thiazole rings is 1. The molecular weight excluding hydrogens is 602 g/mol. The van der Waals surface area contributed by atoms with Crippen LogP contribution in [0.25, 0.3) is 11.3 Å². The second-order valence-corrected chi connectivity index (χ2v) is 12.8. The predicted octanol–water partition coefficient (Wildman–Crippen LogP) is 5.90. The summed E-state index contributed by atoms with van der Waals surface area (Å²) in [6.45, 7) is 7.42. The number of hydrogen-bond acceptors (Lipinski definition) is 9. The van der Waals surface area contributed by atoms with Gasteiger partial charge in [0.05, 0.1) is 29.8 Å². The smallest absolute Gasteiger partial charge is 0.309 e. The van der Waals surface area contributed by atoms with Gasteiger partial charge in [0.2, 0.25) is 0 Å². The van der Waals surface area contributed by atoms with E-state index in [0.29, 0.717) is 49.5 Å². The van der Waals surface area contributed by atoms with Gasteiger partial charge >= 0.3 is 5.97 Å². The molecule has 0 bridgehead atoms. The Bertz CT molecular complexity index is 1440. The molecule has 0 unspecified atom stereocenters. The van der Waals surface area contributed by atoms with Crippen molar-refractivity contribution >= 4 is 34.0 Å². The van der Waals surface area contributed by atoms with E-state index in [1.54, 1.807) is 7.11 Å². The average molecular weight is 642 g/mol. The molecule has 0 spiro atoms. The summed E-state index contributed by atoms with van der Waals surface area (Å²) in [6.07, 6.45) is 3.28. The Hall–Kier alpha value is -2.89. The number of aromatic nitrogens is 1. The van der Waals surface area contributed by atoms with Crippen LogP contribution in [0.5, 0.6) is 11.5 Å². The maximum atomic E-state index is 11.7. The number of ether oxygens (including phenoxy) is 4. The number of aliphatic carboxylic acids is 1. The molecule has 1 N–H and O–H groups in total. The monoisotopic (exact) mass is 641 g/mol. The zero-order valence-electron chi connectivity index (χ0n) is 25.3. The average Bonchev–Trinajstić information content (AvgIpc) is 3.54. The number of benzene rings is 2. The van der Waals surface area contributed by atoms with Gasteiger partial charge in [-0.05, 0) is 61.9 Å². The van der Waals surface area contributed by atoms with Gasteiger partial charge in [-0.1, -0.05) is 23.7 Å². The molecule has 9 nitrogen and oxygen atoms in total. The lowest BCUT2D eigenvalue weighted by atomic mass is 9.94. The zero-order valence-corrected chi connectivity index (χ0v) is 26.9. The highest BCUT2D eigenvalue weighted by Gasteiger charge is 2.36. The van der Waals surface area contributed by atoms with E-state index >= 15 is 0 Å². The maximum Gasteiger partial charge on any atom is 0.309 e. The van der Waals surface area contributed by atoms with Crippen LogP contribution in [0.15, 0.2) is 35.7 Å². The zero-order chi connectivity index (χ0) is 30.6. The number of piperidine rings is 1. The number of anilines is 1. The third kappa shape index (κ3) is 6.70. The van der Waals surface area contributed by atoms with Gasteiger partial charge in [-0.3, -0.25) is 9.69 Å². The van der Waals surface area contributed by atoms with Crippen molar-refractivity contribution in [2.24, 2.45) is 5.92 Å². The number of hydrogen-bond donors (Lipinski definition) is 1. The third-order valence-electron chi connectivity index (χ3n) is 8.96. The minimum Gasteiger partial charge on any atom is -0.496 e. The fourth-order valence-electron chi connectivity index (χ4n) is 6.64. The Labute approximate surface area is 267 Å². The number of fused-ring (bicyclic) bond motifs is 1. The number of methoxy groups -OCH3 is 1. The van der Waals surface area contributed by atoms with Gasteiger partial charge < -0.3 is 29.0 Å². The summed E-state index contributed by atoms with van der Waals surface area (Å²) < 4.78 is 23.7. The molecule has 44 heavy (non-hydrogen) atoms. The van der Waals surface area contributed by atoms with E-state index < -0.39 is 11.9 Å². The van der Waals surface area contributed by atoms with Crippen molar-refractivity contribution in [3.8, 4) is 22.8 Å². The largest absolute Gasteiger partial charge is 0.496 e. The van der Waals surface area contributed by atoms with Gasteiger partial charge in [-0.25, -0.2) is 4.98 Å². The highest BCUT2D eigenvalue weighted by Crippen LogP contribution is 2.40. The van der Waals surface area contributed by atoms with E-state index in [9.17, 15) is 9.90 Å². The SMILES string of the molecule is CCO[C@H]1CN(c2nc(-c3cccc(Cl)c3OCc3cc4c(c(OC)c3)CN(C3CCOCC3)CC4)cs2)CC[C@H]1C(=O)O. The van der Waals surface area contributed by atoms with E-state index in [1.807, 2.05) is 30.5 Å². The third-order valence-corrected chi connectivity index (χ3v) is 10.2. The van der Waals surface area contributed by atoms with Gasteiger partial charge in [-0.2, -0.15) is 0 Å². The lowest BCUT2D eigenvalue weighted by Gasteiger charge is -2.38. The van der Waals surface area contributed by atoms with E-state index in [4.69, 9.17) is 35.5 Å². The van der Waals surface area contributed by atoms with Crippen LogP contribution in [-0.2, 0) is 33.8 Å². The second kappa shape index (κ2) is 14.0. The fraction of sp³-hybridized carbons (Fsp3) is 0.515. The van der Waals surface area contributed by atoms with Crippen molar-refractivity contribution < 1.29 is 28.8 Å². The van der Waals surface area contributed by atoms with Crippen LogP contribution in [0.3, 0.4) is 0 Å². The van der Waals surface area contributed by atoms with Crippen LogP contribution in [-0.4, -0.2) is 79.7 Å². The molecule has 0 saturated carbocycles. The first-order valence-corrected chi connectivity index (χ1v) is 16.7. The van der Waals surface area contributed by atoms with Crippen LogP contribution in [0.1, 0.15) is 42.9 Å². The van der Waals surface area contributed by atoms with Crippen LogP contribution in [0, 0.1) is 5.92 Å². The van der Waals surface area contributed by atoms with Crippen LogP contribution in [0.4, 0.5) is 5.13 Å². The number of carbonyl (C=O) groups is 1. The van der Waals surface area contributed by atoms with Crippen molar-refractivity contribution in [2.75, 3.05) is 51.5 Å². The molecule has 3 aliphatic heterocycles. The normalized spacial score (nSPS) is 21.2. The molecule has 0 radical (unpaired) electrons. The fourth-order valence-corrected chi connectivity index (χ4v) is 7.74. The topological polar surface area (TPSA) is 93.6 Å². The highest BCUT2D eigenvalue weighted by atomic mass is 35.5. The number of rotatable bonds is 10. The van der Waals surface area contributed by atoms with E-state index in [0.717, 1.165) is 73.3 Å². The summed E-state index contributed by atoms with van der Waals surface area (Å²) in [6, 6.07) is 10.6. The molecule has 2 fully saturated rings. The van der Waals surface area contributed by atoms with Crippen molar-refractivity contribution in [2.45, 2.75) is 57.9 Å². The molecule has 3 aromatic rings. The first-order chi connectivity index (χ1) is 21.4. The molecular formula is C33H40ClN3O6S. The molecule has 236 valence electrons. The van der Waals surface area contributed by atoms with Gasteiger partial charge in [-0.15, -0.1) is 11.3 Å². The number of carboxylic acids is 1. The lowest BCUT2D eigenvalue weighted by Crippen LogP contribution is -2.48. The predicted molar refractivity (Wildman–Crippen MR) is 171 cm³/mol. The summed E-state index contributed by atoms with van der Waals surface area (Å²) in [5, 5.41) is 13.0. The van der Waals surface area contributed by atoms with Crippen molar-refractivity contribution in [3.63, 3.8) is 0 Å². The first kappa shape index (κ1) is 31.1. The molecule has 3 aliphatic rings. The maximum absolute atomic E-state index is 11.7. The number of nitrogens with zero attached hydrogens (tertiary/aromatic N) is 3. The summed E-state index contributed by atoms with van der Waals surface area (Å²) >= 11 is 8.22. The lowest BCUT2D eigenvalue weighted by molar-refractivity contribution is -0.148. The summed E-state index contributed by atoms with van der Waals surface area (Å²) in [7, 11) is 1.74. The summed E-state index contributed by atoms with van der Waals surface area (Å²) in [5.41, 5.74) is 5.20. The van der Waals surface area contributed by atoms with Crippen molar-refractivity contribution in [1.29, 1.82) is 0 Å². The van der Waals surface area contributed by atoms with E-state index in [1.165, 1.54) is 22.5 Å². The van der Waals surface area contributed by atoms with Gasteiger partial charge in [0.25, 0.3) is 0 Å². The Kier molecular flexibility index (Phi) is 9.92. The van der Waals surface area contributed by atoms with Crippen LogP contribution < -0.4 is 14.4 Å². The molecule has 2 atom stereocenters. The second-order valence-electron chi connectivity index (χ2n) is 11.6. The molecule has 4 heterocycles. The van der Waals surface area contributed by atoms with E-state index in [2.05, 4.69) is 21.9 Å². The highest BCUT2D eigenvalue weighted by molar-refractivity contribution is 7.14. The Morgan fingerprint density at radius 2 is 2.05 bits per heavy atom. The van der Waals surface area contributed by atoms with E-state index in [-0.39, 0.29) is 6.10 Å². The number of para-hydroxylation sites is 1. The Balaban J connectivity index is 1.17. The molecule has 6 rings (SSSR count). The van der Waals surface area contributed by atoms with Gasteiger partial charge in [0, 0.05) is 68.5 Å². The van der Waals surface area contributed by atoms with Crippen LogP contribution >= 0.6 is 22.9 Å². The Morgan fingerprint density at radius 3 is 2.82 bits per heavy atom. The van der Waals surface area contributed by atoms with Crippen molar-refractivity contribution in [3.05, 3.63) is 57.4 Å².